The Balaban J connectivity index is 3.29. The van der Waals surface area contributed by atoms with Crippen molar-refractivity contribution in [3.05, 3.63) is 24.3 Å². The fourth-order valence-electron chi connectivity index (χ4n) is 11.1. The number of unbranched alkanes of at least 4 members (excludes halogenated alkanes) is 51. The molecule has 2 unspecified atom stereocenters. The number of ether oxygens (including phenoxy) is 1. The van der Waals surface area contributed by atoms with Gasteiger partial charge in [0.2, 0.25) is 5.91 Å². The van der Waals surface area contributed by atoms with E-state index < -0.39 is 12.1 Å². The van der Waals surface area contributed by atoms with Gasteiger partial charge in [0.05, 0.1) is 25.4 Å². The molecule has 0 saturated carbocycles. The van der Waals surface area contributed by atoms with Crippen molar-refractivity contribution in [2.24, 2.45) is 0 Å². The third kappa shape index (κ3) is 63.4. The second-order valence-corrected chi connectivity index (χ2v) is 24.2. The quantitative estimate of drug-likeness (QED) is 0.0320. The topological polar surface area (TPSA) is 95.9 Å². The van der Waals surface area contributed by atoms with Crippen LogP contribution in [0.25, 0.3) is 0 Å². The molecule has 0 aromatic carbocycles. The summed E-state index contributed by atoms with van der Waals surface area (Å²) in [4.78, 5) is 24.6. The molecule has 0 spiro atoms. The number of amides is 1. The van der Waals surface area contributed by atoms with Crippen molar-refractivity contribution in [2.45, 2.75) is 405 Å². The van der Waals surface area contributed by atoms with Gasteiger partial charge in [0, 0.05) is 12.8 Å². The third-order valence-corrected chi connectivity index (χ3v) is 16.5. The molecule has 3 N–H and O–H groups in total. The number of rotatable bonds is 66. The fourth-order valence-corrected chi connectivity index (χ4v) is 11.1. The highest BCUT2D eigenvalue weighted by Crippen LogP contribution is 2.19. The number of nitrogens with one attached hydrogen (secondary N) is 1. The van der Waals surface area contributed by atoms with E-state index in [1.54, 1.807) is 0 Å². The fraction of sp³-hybridized carbons (Fsp3) is 0.915. The highest BCUT2D eigenvalue weighted by atomic mass is 16.5. The minimum Gasteiger partial charge on any atom is -0.466 e. The lowest BCUT2D eigenvalue weighted by Gasteiger charge is -2.22. The smallest absolute Gasteiger partial charge is 0.305 e. The number of hydrogen-bond donors (Lipinski definition) is 3. The molecule has 2 atom stereocenters. The summed E-state index contributed by atoms with van der Waals surface area (Å²) in [6.07, 6.45) is 83.8. The van der Waals surface area contributed by atoms with E-state index in [4.69, 9.17) is 4.74 Å². The summed E-state index contributed by atoms with van der Waals surface area (Å²) >= 11 is 0. The lowest BCUT2D eigenvalue weighted by Crippen LogP contribution is -2.45. The standard InChI is InChI=1S/C71H137NO5/c1-3-5-7-9-11-13-15-16-17-18-32-36-39-42-45-49-53-57-61-65-71(76)77-66-62-58-54-50-46-43-40-37-34-31-29-27-25-23-21-19-20-22-24-26-28-30-33-35-38-41-44-48-52-56-60-64-70(75)72-68(67-73)69(74)63-59-55-51-47-14-12-10-8-6-4-2/h11,13,16-17,68-69,73-74H,3-10,12,14-15,18-67H2,1-2H3,(H,72,75)/b13-11-,17-16-. The van der Waals surface area contributed by atoms with Crippen molar-refractivity contribution >= 4 is 11.9 Å². The van der Waals surface area contributed by atoms with Crippen LogP contribution in [0.4, 0.5) is 0 Å². The molecule has 0 heterocycles. The summed E-state index contributed by atoms with van der Waals surface area (Å²) in [5.41, 5.74) is 0. The molecule has 456 valence electrons. The number of aliphatic hydroxyl groups excluding tert-OH is 2. The zero-order valence-corrected chi connectivity index (χ0v) is 52.2. The minimum absolute atomic E-state index is 0.0174. The van der Waals surface area contributed by atoms with Crippen molar-refractivity contribution in [1.29, 1.82) is 0 Å². The molecule has 6 nitrogen and oxygen atoms in total. The van der Waals surface area contributed by atoms with Gasteiger partial charge in [-0.25, -0.2) is 0 Å². The second-order valence-electron chi connectivity index (χ2n) is 24.2. The predicted octanol–water partition coefficient (Wildman–Crippen LogP) is 22.5. The minimum atomic E-state index is -0.659. The van der Waals surface area contributed by atoms with E-state index in [9.17, 15) is 19.8 Å². The zero-order chi connectivity index (χ0) is 55.7. The molecule has 0 aliphatic rings. The molecule has 0 aliphatic carbocycles. The number of aliphatic hydroxyl groups is 2. The average Bonchev–Trinajstić information content (AvgIpc) is 3.43. The van der Waals surface area contributed by atoms with E-state index >= 15 is 0 Å². The normalized spacial score (nSPS) is 12.6. The molecule has 0 aliphatic heterocycles. The van der Waals surface area contributed by atoms with E-state index in [1.807, 2.05) is 0 Å². The molecule has 6 heteroatoms. The monoisotopic (exact) mass is 1080 g/mol. The van der Waals surface area contributed by atoms with Gasteiger partial charge in [0.1, 0.15) is 0 Å². The first-order valence-electron chi connectivity index (χ1n) is 35.1. The lowest BCUT2D eigenvalue weighted by atomic mass is 10.0. The van der Waals surface area contributed by atoms with E-state index in [2.05, 4.69) is 43.5 Å². The highest BCUT2D eigenvalue weighted by molar-refractivity contribution is 5.76. The largest absolute Gasteiger partial charge is 0.466 e. The summed E-state index contributed by atoms with van der Waals surface area (Å²) in [5, 5.41) is 23.2. The van der Waals surface area contributed by atoms with Crippen LogP contribution in [-0.4, -0.2) is 47.4 Å². The predicted molar refractivity (Wildman–Crippen MR) is 338 cm³/mol. The van der Waals surface area contributed by atoms with Crippen LogP contribution < -0.4 is 5.32 Å². The Labute approximate surface area is 481 Å². The first kappa shape index (κ1) is 75.3. The Morgan fingerprint density at radius 1 is 0.364 bits per heavy atom. The highest BCUT2D eigenvalue weighted by Gasteiger charge is 2.20. The van der Waals surface area contributed by atoms with Gasteiger partial charge in [-0.05, 0) is 57.8 Å². The van der Waals surface area contributed by atoms with E-state index in [-0.39, 0.29) is 18.5 Å². The van der Waals surface area contributed by atoms with Crippen LogP contribution >= 0.6 is 0 Å². The molecule has 0 saturated heterocycles. The molecule has 1 amide bonds. The summed E-state index contributed by atoms with van der Waals surface area (Å²) in [7, 11) is 0. The van der Waals surface area contributed by atoms with E-state index in [1.165, 1.54) is 308 Å². The molecular weight excluding hydrogens is 947 g/mol. The molecule has 0 rings (SSSR count). The Bertz CT molecular complexity index is 1200. The maximum Gasteiger partial charge on any atom is 0.305 e. The van der Waals surface area contributed by atoms with Crippen LogP contribution in [0.15, 0.2) is 24.3 Å². The zero-order valence-electron chi connectivity index (χ0n) is 52.2. The van der Waals surface area contributed by atoms with E-state index in [0.717, 1.165) is 51.4 Å². The van der Waals surface area contributed by atoms with Crippen LogP contribution in [0, 0.1) is 0 Å². The van der Waals surface area contributed by atoms with Crippen LogP contribution in [-0.2, 0) is 14.3 Å². The molecule has 0 fully saturated rings. The van der Waals surface area contributed by atoms with E-state index in [0.29, 0.717) is 25.9 Å². The Morgan fingerprint density at radius 2 is 0.649 bits per heavy atom. The van der Waals surface area contributed by atoms with Crippen LogP contribution in [0.2, 0.25) is 0 Å². The first-order chi connectivity index (χ1) is 38.0. The molecule has 0 aromatic heterocycles. The van der Waals surface area contributed by atoms with Crippen molar-refractivity contribution in [3.63, 3.8) is 0 Å². The Hall–Kier alpha value is -1.66. The summed E-state index contributed by atoms with van der Waals surface area (Å²) < 4.78 is 5.51. The number of allylic oxidation sites excluding steroid dienone is 4. The van der Waals surface area contributed by atoms with Gasteiger partial charge >= 0.3 is 5.97 Å². The van der Waals surface area contributed by atoms with Gasteiger partial charge in [-0.2, -0.15) is 0 Å². The van der Waals surface area contributed by atoms with Crippen molar-refractivity contribution in [3.8, 4) is 0 Å². The van der Waals surface area contributed by atoms with Gasteiger partial charge in [-0.1, -0.05) is 346 Å². The summed E-state index contributed by atoms with van der Waals surface area (Å²) in [5.74, 6) is -0.0132. The van der Waals surface area contributed by atoms with Crippen molar-refractivity contribution in [2.75, 3.05) is 13.2 Å². The molecule has 0 bridgehead atoms. The van der Waals surface area contributed by atoms with Gasteiger partial charge < -0.3 is 20.3 Å². The number of carbonyl (C=O) groups is 2. The average molecular weight is 1080 g/mol. The number of carbonyl (C=O) groups excluding carboxylic acids is 2. The first-order valence-corrected chi connectivity index (χ1v) is 35.1. The van der Waals surface area contributed by atoms with Gasteiger partial charge in [-0.15, -0.1) is 0 Å². The molecule has 77 heavy (non-hydrogen) atoms. The van der Waals surface area contributed by atoms with Crippen LogP contribution in [0.3, 0.4) is 0 Å². The van der Waals surface area contributed by atoms with Gasteiger partial charge in [0.25, 0.3) is 0 Å². The second kappa shape index (κ2) is 66.8. The number of esters is 1. The number of hydrogen-bond acceptors (Lipinski definition) is 5. The third-order valence-electron chi connectivity index (χ3n) is 16.5. The Morgan fingerprint density at radius 3 is 1.01 bits per heavy atom. The molecule has 0 aromatic rings. The lowest BCUT2D eigenvalue weighted by molar-refractivity contribution is -0.143. The van der Waals surface area contributed by atoms with Crippen LogP contribution in [0.1, 0.15) is 393 Å². The van der Waals surface area contributed by atoms with Crippen molar-refractivity contribution in [1.82, 2.24) is 5.32 Å². The molecule has 0 radical (unpaired) electrons. The van der Waals surface area contributed by atoms with Crippen molar-refractivity contribution < 1.29 is 24.5 Å². The van der Waals surface area contributed by atoms with Crippen LogP contribution in [0.5, 0.6) is 0 Å². The molecular formula is C71H137NO5. The Kier molecular flexibility index (Phi) is 65.4. The maximum absolute atomic E-state index is 12.4. The maximum atomic E-state index is 12.4. The van der Waals surface area contributed by atoms with Gasteiger partial charge in [0.15, 0.2) is 0 Å². The SMILES string of the molecule is CCCCC/C=C\C/C=C\CCCCCCCCCCCC(=O)OCCCCCCCCCCCCCCCCCCCCCCCCCCCCCCCCCC(=O)NC(CO)C(O)CCCCCCCCCCCC. The summed E-state index contributed by atoms with van der Waals surface area (Å²) in [6, 6.07) is -0.536. The van der Waals surface area contributed by atoms with Gasteiger partial charge in [-0.3, -0.25) is 9.59 Å². The summed E-state index contributed by atoms with van der Waals surface area (Å²) in [6.45, 7) is 4.94.